The Morgan fingerprint density at radius 1 is 0.700 bits per heavy atom. The molecule has 0 unspecified atom stereocenters. The Kier molecular flexibility index (Phi) is 6.77. The van der Waals surface area contributed by atoms with E-state index in [2.05, 4.69) is 51.8 Å². The summed E-state index contributed by atoms with van der Waals surface area (Å²) >= 11 is 0. The lowest BCUT2D eigenvalue weighted by Crippen LogP contribution is -2.09. The van der Waals surface area contributed by atoms with Gasteiger partial charge in [-0.3, -0.25) is 4.79 Å². The molecule has 5 aromatic carbocycles. The highest BCUT2D eigenvalue weighted by molar-refractivity contribution is 6.07. The van der Waals surface area contributed by atoms with Crippen LogP contribution in [0.4, 0.5) is 0 Å². The van der Waals surface area contributed by atoms with Crippen molar-refractivity contribution in [1.29, 1.82) is 0 Å². The second-order valence-electron chi connectivity index (χ2n) is 9.28. The summed E-state index contributed by atoms with van der Waals surface area (Å²) in [7, 11) is 0. The largest absolute Gasteiger partial charge is 0.507 e. The minimum absolute atomic E-state index is 0.0177. The lowest BCUT2D eigenvalue weighted by atomic mass is 9.90. The van der Waals surface area contributed by atoms with Crippen molar-refractivity contribution in [2.75, 3.05) is 13.2 Å². The fourth-order valence-electron chi connectivity index (χ4n) is 4.98. The summed E-state index contributed by atoms with van der Waals surface area (Å²) in [6.07, 6.45) is 0. The highest BCUT2D eigenvalue weighted by Gasteiger charge is 2.22. The molecule has 1 aromatic heterocycles. The van der Waals surface area contributed by atoms with Crippen molar-refractivity contribution in [1.82, 2.24) is 15.4 Å². The highest BCUT2D eigenvalue weighted by atomic mass is 16.6. The summed E-state index contributed by atoms with van der Waals surface area (Å²) in [6.45, 7) is 1.63. The predicted octanol–water partition coefficient (Wildman–Crippen LogP) is 6.83. The summed E-state index contributed by atoms with van der Waals surface area (Å²) < 4.78 is 10.6. The highest BCUT2D eigenvalue weighted by Crippen LogP contribution is 2.44. The van der Waals surface area contributed by atoms with Crippen LogP contribution >= 0.6 is 0 Å². The summed E-state index contributed by atoms with van der Waals surface area (Å²) in [5, 5.41) is 28.6. The molecule has 0 aliphatic rings. The maximum Gasteiger partial charge on any atom is 0.302 e. The van der Waals surface area contributed by atoms with E-state index in [1.54, 1.807) is 12.1 Å². The first-order valence-corrected chi connectivity index (χ1v) is 12.9. The van der Waals surface area contributed by atoms with Crippen molar-refractivity contribution in [3.63, 3.8) is 0 Å². The van der Waals surface area contributed by atoms with Crippen LogP contribution in [-0.4, -0.2) is 39.7 Å². The van der Waals surface area contributed by atoms with E-state index in [1.807, 2.05) is 48.5 Å². The molecular weight excluding hydrogens is 502 g/mol. The van der Waals surface area contributed by atoms with Gasteiger partial charge in [0, 0.05) is 29.7 Å². The Morgan fingerprint density at radius 2 is 1.30 bits per heavy atom. The third-order valence-electron chi connectivity index (χ3n) is 6.75. The second kappa shape index (κ2) is 10.8. The number of esters is 1. The molecule has 0 aliphatic heterocycles. The smallest absolute Gasteiger partial charge is 0.302 e. The molecule has 40 heavy (non-hydrogen) atoms. The monoisotopic (exact) mass is 527 g/mol. The molecule has 1 N–H and O–H groups in total. The van der Waals surface area contributed by atoms with Gasteiger partial charge in [0.05, 0.1) is 0 Å². The zero-order valence-electron chi connectivity index (χ0n) is 21.7. The number of rotatable bonds is 7. The zero-order valence-corrected chi connectivity index (χ0v) is 21.7. The number of carbonyl (C=O) groups is 1. The molecule has 0 atom stereocenters. The van der Waals surface area contributed by atoms with Gasteiger partial charge in [-0.15, -0.1) is 10.2 Å². The van der Waals surface area contributed by atoms with Gasteiger partial charge in [-0.1, -0.05) is 84.9 Å². The van der Waals surface area contributed by atoms with Gasteiger partial charge in [0.2, 0.25) is 0 Å². The normalized spacial score (nSPS) is 11.0. The van der Waals surface area contributed by atoms with Crippen molar-refractivity contribution in [2.45, 2.75) is 6.92 Å². The molecule has 0 saturated heterocycles. The maximum absolute atomic E-state index is 11.2. The fourth-order valence-corrected chi connectivity index (χ4v) is 4.98. The molecule has 0 aliphatic carbocycles. The quantitative estimate of drug-likeness (QED) is 0.180. The predicted molar refractivity (Wildman–Crippen MR) is 155 cm³/mol. The molecule has 0 bridgehead atoms. The topological polar surface area (TPSA) is 94.4 Å². The summed E-state index contributed by atoms with van der Waals surface area (Å²) in [6, 6.07) is 33.5. The molecule has 6 aromatic rings. The van der Waals surface area contributed by atoms with Crippen LogP contribution in [0.2, 0.25) is 0 Å². The summed E-state index contributed by atoms with van der Waals surface area (Å²) in [5.74, 6) is 0.0493. The fraction of sp³-hybridized carbons (Fsp3) is 0.0909. The Hall–Kier alpha value is -5.30. The van der Waals surface area contributed by atoms with Gasteiger partial charge in [0.1, 0.15) is 36.1 Å². The number of fused-ring (bicyclic) bond motifs is 2. The van der Waals surface area contributed by atoms with Crippen LogP contribution in [0.3, 0.4) is 0 Å². The Balaban J connectivity index is 1.55. The maximum atomic E-state index is 11.2. The molecule has 0 amide bonds. The first-order valence-electron chi connectivity index (χ1n) is 12.9. The Morgan fingerprint density at radius 3 is 1.98 bits per heavy atom. The van der Waals surface area contributed by atoms with Crippen LogP contribution in [0.25, 0.3) is 55.2 Å². The van der Waals surface area contributed by atoms with E-state index in [9.17, 15) is 9.90 Å². The van der Waals surface area contributed by atoms with Gasteiger partial charge in [-0.25, -0.2) is 0 Å². The molecule has 0 fully saturated rings. The number of aromatic hydroxyl groups is 1. The molecule has 0 spiro atoms. The van der Waals surface area contributed by atoms with Crippen LogP contribution < -0.4 is 4.74 Å². The van der Waals surface area contributed by atoms with Crippen molar-refractivity contribution in [2.24, 2.45) is 0 Å². The zero-order chi connectivity index (χ0) is 27.5. The average Bonchev–Trinajstić information content (AvgIpc) is 2.98. The van der Waals surface area contributed by atoms with E-state index in [4.69, 9.17) is 9.47 Å². The standard InChI is InChI=1S/C33H25N3O4/c1-21(37)39-18-19-40-24-16-17-29(30(38)20-24)33-31(27-14-6-10-22-8-2-4-12-25(22)27)32(34-36-35-33)28-15-7-11-23-9-3-5-13-26(23)28/h2-17,20,38H,18-19H2,1H3. The lowest BCUT2D eigenvalue weighted by Gasteiger charge is -2.17. The van der Waals surface area contributed by atoms with E-state index >= 15 is 0 Å². The molecule has 7 heteroatoms. The molecule has 196 valence electrons. The number of benzene rings is 5. The van der Waals surface area contributed by atoms with Crippen LogP contribution in [0, 0.1) is 0 Å². The lowest BCUT2D eigenvalue weighted by molar-refractivity contribution is -0.141. The number of carbonyl (C=O) groups excluding carboxylic acids is 1. The van der Waals surface area contributed by atoms with Crippen molar-refractivity contribution in [3.8, 4) is 45.1 Å². The van der Waals surface area contributed by atoms with Crippen LogP contribution in [0.15, 0.2) is 103 Å². The first kappa shape index (κ1) is 25.0. The van der Waals surface area contributed by atoms with Gasteiger partial charge in [-0.2, -0.15) is 0 Å². The van der Waals surface area contributed by atoms with Gasteiger partial charge < -0.3 is 14.6 Å². The molecule has 0 saturated carbocycles. The number of ether oxygens (including phenoxy) is 2. The number of hydrogen-bond donors (Lipinski definition) is 1. The third kappa shape index (κ3) is 4.80. The third-order valence-corrected chi connectivity index (χ3v) is 6.75. The van der Waals surface area contributed by atoms with Crippen molar-refractivity contribution >= 4 is 27.5 Å². The minimum atomic E-state index is -0.374. The number of aromatic nitrogens is 3. The SMILES string of the molecule is CC(=O)OCCOc1ccc(-c2nnnc(-c3cccc4ccccc34)c2-c2cccc3ccccc23)c(O)c1. The molecule has 7 nitrogen and oxygen atoms in total. The van der Waals surface area contributed by atoms with E-state index in [0.717, 1.165) is 38.2 Å². The van der Waals surface area contributed by atoms with Crippen LogP contribution in [-0.2, 0) is 9.53 Å². The molecular formula is C33H25N3O4. The second-order valence-corrected chi connectivity index (χ2v) is 9.28. The minimum Gasteiger partial charge on any atom is -0.507 e. The van der Waals surface area contributed by atoms with Crippen LogP contribution in [0.1, 0.15) is 6.92 Å². The molecule has 6 rings (SSSR count). The van der Waals surface area contributed by atoms with Crippen molar-refractivity contribution < 1.29 is 19.4 Å². The Bertz CT molecular complexity index is 1860. The molecule has 1 heterocycles. The van der Waals surface area contributed by atoms with E-state index < -0.39 is 0 Å². The van der Waals surface area contributed by atoms with Crippen molar-refractivity contribution in [3.05, 3.63) is 103 Å². The molecule has 0 radical (unpaired) electrons. The van der Waals surface area contributed by atoms with E-state index in [0.29, 0.717) is 22.7 Å². The van der Waals surface area contributed by atoms with E-state index in [1.165, 1.54) is 13.0 Å². The van der Waals surface area contributed by atoms with Gasteiger partial charge in [0.15, 0.2) is 0 Å². The number of phenols is 1. The Labute approximate surface area is 230 Å². The van der Waals surface area contributed by atoms with Gasteiger partial charge >= 0.3 is 5.97 Å². The summed E-state index contributed by atoms with van der Waals surface area (Å²) in [5.41, 5.74) is 4.27. The van der Waals surface area contributed by atoms with Gasteiger partial charge in [-0.05, 0) is 44.5 Å². The summed E-state index contributed by atoms with van der Waals surface area (Å²) in [4.78, 5) is 11.0. The average molecular weight is 528 g/mol. The number of hydrogen-bond acceptors (Lipinski definition) is 7. The van der Waals surface area contributed by atoms with Gasteiger partial charge in [0.25, 0.3) is 0 Å². The number of phenolic OH excluding ortho intramolecular Hbond substituents is 1. The number of nitrogens with zero attached hydrogens (tertiary/aromatic N) is 3. The van der Waals surface area contributed by atoms with E-state index in [-0.39, 0.29) is 24.9 Å². The first-order chi connectivity index (χ1) is 19.6. The van der Waals surface area contributed by atoms with Crippen LogP contribution in [0.5, 0.6) is 11.5 Å².